The molecule has 0 heterocycles. The molecule has 6 nitrogen and oxygen atoms in total. The minimum atomic E-state index is -3.02. The molecule has 0 aliphatic heterocycles. The average Bonchev–Trinajstić information content (AvgIpc) is 2.24. The summed E-state index contributed by atoms with van der Waals surface area (Å²) in [4.78, 5) is 11.4. The maximum atomic E-state index is 11.4. The third-order valence-electron chi connectivity index (χ3n) is 2.00. The Labute approximate surface area is 119 Å². The highest BCUT2D eigenvalue weighted by molar-refractivity contribution is 7.90. The van der Waals surface area contributed by atoms with Gasteiger partial charge in [-0.3, -0.25) is 10.1 Å². The molecule has 1 N–H and O–H groups in total. The Kier molecular flexibility index (Phi) is 8.86. The van der Waals surface area contributed by atoms with Gasteiger partial charge >= 0.3 is 5.24 Å². The van der Waals surface area contributed by atoms with Gasteiger partial charge in [0.05, 0.1) is 5.75 Å². The van der Waals surface area contributed by atoms with Crippen molar-refractivity contribution in [1.82, 2.24) is 5.32 Å². The molecule has 0 saturated heterocycles. The Balaban J connectivity index is 3.64. The summed E-state index contributed by atoms with van der Waals surface area (Å²) < 4.78 is 31.7. The van der Waals surface area contributed by atoms with Gasteiger partial charge in [-0.15, -0.1) is 0 Å². The van der Waals surface area contributed by atoms with Gasteiger partial charge in [0.2, 0.25) is 0 Å². The summed E-state index contributed by atoms with van der Waals surface area (Å²) in [5, 5.41) is 2.88. The van der Waals surface area contributed by atoms with E-state index in [2.05, 4.69) is 5.32 Å². The van der Waals surface area contributed by atoms with Gasteiger partial charge in [0.25, 0.3) is 0 Å². The number of sulfone groups is 1. The number of thiocarbonyl (C=S) groups is 1. The van der Waals surface area contributed by atoms with Gasteiger partial charge in [0.15, 0.2) is 12.4 Å². The SMILES string of the molecule is CC(C)NCOC(=S)OCC(=O)CCCS(C)(=O)=O. The molecule has 0 aromatic heterocycles. The van der Waals surface area contributed by atoms with Crippen molar-refractivity contribution in [3.8, 4) is 0 Å². The second kappa shape index (κ2) is 9.22. The maximum absolute atomic E-state index is 11.4. The van der Waals surface area contributed by atoms with Crippen molar-refractivity contribution in [3.63, 3.8) is 0 Å². The van der Waals surface area contributed by atoms with Crippen molar-refractivity contribution >= 4 is 33.1 Å². The van der Waals surface area contributed by atoms with Crippen LogP contribution in [0.15, 0.2) is 0 Å². The summed E-state index contributed by atoms with van der Waals surface area (Å²) in [6.07, 6.45) is 1.59. The predicted molar refractivity (Wildman–Crippen MR) is 76.7 cm³/mol. The Bertz CT molecular complexity index is 392. The number of ether oxygens (including phenoxy) is 2. The second-order valence-corrected chi connectivity index (χ2v) is 7.05. The van der Waals surface area contributed by atoms with Crippen LogP contribution in [0.5, 0.6) is 0 Å². The van der Waals surface area contributed by atoms with Crippen LogP contribution in [0.1, 0.15) is 26.7 Å². The van der Waals surface area contributed by atoms with Crippen LogP contribution in [-0.4, -0.2) is 50.8 Å². The van der Waals surface area contributed by atoms with Gasteiger partial charge in [0, 0.05) is 30.9 Å². The van der Waals surface area contributed by atoms with Gasteiger partial charge in [-0.1, -0.05) is 0 Å². The first-order chi connectivity index (χ1) is 8.70. The molecule has 8 heteroatoms. The van der Waals surface area contributed by atoms with E-state index in [1.807, 2.05) is 13.8 Å². The van der Waals surface area contributed by atoms with E-state index >= 15 is 0 Å². The van der Waals surface area contributed by atoms with E-state index in [0.29, 0.717) is 6.42 Å². The van der Waals surface area contributed by atoms with Crippen molar-refractivity contribution in [2.75, 3.05) is 25.3 Å². The first-order valence-corrected chi connectivity index (χ1v) is 8.40. The van der Waals surface area contributed by atoms with Gasteiger partial charge in [-0.2, -0.15) is 0 Å². The van der Waals surface area contributed by atoms with Gasteiger partial charge in [-0.05, 0) is 20.3 Å². The molecule has 0 bridgehead atoms. The topological polar surface area (TPSA) is 81.7 Å². The zero-order valence-electron chi connectivity index (χ0n) is 11.5. The van der Waals surface area contributed by atoms with Gasteiger partial charge < -0.3 is 9.47 Å². The summed E-state index contributed by atoms with van der Waals surface area (Å²) >= 11 is 4.76. The number of hydrogen-bond donors (Lipinski definition) is 1. The summed E-state index contributed by atoms with van der Waals surface area (Å²) in [7, 11) is -3.02. The van der Waals surface area contributed by atoms with E-state index in [-0.39, 0.29) is 42.6 Å². The van der Waals surface area contributed by atoms with Gasteiger partial charge in [0.1, 0.15) is 16.6 Å². The van der Waals surface area contributed by atoms with Crippen LogP contribution in [0.3, 0.4) is 0 Å². The highest BCUT2D eigenvalue weighted by Gasteiger charge is 2.08. The van der Waals surface area contributed by atoms with Crippen LogP contribution in [0.4, 0.5) is 0 Å². The lowest BCUT2D eigenvalue weighted by molar-refractivity contribution is -0.121. The minimum absolute atomic E-state index is 0.00199. The maximum Gasteiger partial charge on any atom is 0.354 e. The van der Waals surface area contributed by atoms with Crippen LogP contribution < -0.4 is 5.32 Å². The number of rotatable bonds is 9. The average molecular weight is 311 g/mol. The standard InChI is InChI=1S/C11H21NO5S2/c1-9(2)12-8-17-11(18)16-7-10(13)5-4-6-19(3,14)15/h9,12H,4-8H2,1-3H3. The lowest BCUT2D eigenvalue weighted by atomic mass is 10.2. The third-order valence-corrected chi connectivity index (χ3v) is 3.27. The lowest BCUT2D eigenvalue weighted by Gasteiger charge is -2.11. The summed E-state index contributed by atoms with van der Waals surface area (Å²) in [5.41, 5.74) is 0. The fraction of sp³-hybridized carbons (Fsp3) is 0.818. The molecule has 19 heavy (non-hydrogen) atoms. The number of ketones is 1. The molecule has 0 aliphatic rings. The molecule has 0 amide bonds. The Morgan fingerprint density at radius 2 is 1.95 bits per heavy atom. The minimum Gasteiger partial charge on any atom is -0.449 e. The Morgan fingerprint density at radius 3 is 2.47 bits per heavy atom. The summed E-state index contributed by atoms with van der Waals surface area (Å²) in [6.45, 7) is 3.94. The molecule has 0 radical (unpaired) electrons. The Morgan fingerprint density at radius 1 is 1.32 bits per heavy atom. The number of hydrogen-bond acceptors (Lipinski definition) is 7. The molecule has 0 fully saturated rings. The molecular formula is C11H21NO5S2. The van der Waals surface area contributed by atoms with Crippen molar-refractivity contribution in [2.24, 2.45) is 0 Å². The van der Waals surface area contributed by atoms with E-state index in [1.165, 1.54) is 0 Å². The second-order valence-electron chi connectivity index (χ2n) is 4.46. The van der Waals surface area contributed by atoms with Crippen molar-refractivity contribution in [2.45, 2.75) is 32.7 Å². The van der Waals surface area contributed by atoms with Crippen LogP contribution in [0.2, 0.25) is 0 Å². The molecule has 0 saturated carbocycles. The summed E-state index contributed by atoms with van der Waals surface area (Å²) in [5.74, 6) is -0.204. The molecular weight excluding hydrogens is 290 g/mol. The van der Waals surface area contributed by atoms with Crippen LogP contribution in [0.25, 0.3) is 0 Å². The number of Topliss-reactive ketones (excluding diaryl/α,β-unsaturated/α-hetero) is 1. The lowest BCUT2D eigenvalue weighted by Crippen LogP contribution is -2.28. The van der Waals surface area contributed by atoms with E-state index < -0.39 is 9.84 Å². The zero-order valence-corrected chi connectivity index (χ0v) is 13.1. The normalized spacial score (nSPS) is 11.4. The van der Waals surface area contributed by atoms with Crippen LogP contribution in [-0.2, 0) is 24.1 Å². The first kappa shape index (κ1) is 18.3. The van der Waals surface area contributed by atoms with E-state index in [1.54, 1.807) is 0 Å². The molecule has 112 valence electrons. The molecule has 0 aromatic carbocycles. The van der Waals surface area contributed by atoms with E-state index in [4.69, 9.17) is 21.7 Å². The number of nitrogens with one attached hydrogen (secondary N) is 1. The highest BCUT2D eigenvalue weighted by atomic mass is 32.2. The third kappa shape index (κ3) is 13.5. The largest absolute Gasteiger partial charge is 0.449 e. The predicted octanol–water partition coefficient (Wildman–Crippen LogP) is 0.654. The fourth-order valence-corrected chi connectivity index (χ4v) is 1.84. The van der Waals surface area contributed by atoms with Crippen molar-refractivity contribution in [1.29, 1.82) is 0 Å². The molecule has 0 aliphatic carbocycles. The van der Waals surface area contributed by atoms with Crippen LogP contribution in [0, 0.1) is 0 Å². The zero-order chi connectivity index (χ0) is 14.9. The monoisotopic (exact) mass is 311 g/mol. The van der Waals surface area contributed by atoms with Crippen molar-refractivity contribution in [3.05, 3.63) is 0 Å². The Hall–Kier alpha value is -0.730. The van der Waals surface area contributed by atoms with Gasteiger partial charge in [-0.25, -0.2) is 8.42 Å². The van der Waals surface area contributed by atoms with E-state index in [9.17, 15) is 13.2 Å². The smallest absolute Gasteiger partial charge is 0.354 e. The number of carbonyl (C=O) groups excluding carboxylic acids is 1. The van der Waals surface area contributed by atoms with Crippen molar-refractivity contribution < 1.29 is 22.7 Å². The molecule has 0 rings (SSSR count). The van der Waals surface area contributed by atoms with Crippen LogP contribution >= 0.6 is 12.2 Å². The molecule has 0 atom stereocenters. The quantitative estimate of drug-likeness (QED) is 0.494. The molecule has 0 unspecified atom stereocenters. The first-order valence-electron chi connectivity index (χ1n) is 5.93. The highest BCUT2D eigenvalue weighted by Crippen LogP contribution is 1.97. The van der Waals surface area contributed by atoms with E-state index in [0.717, 1.165) is 6.26 Å². The molecule has 0 spiro atoms. The molecule has 0 aromatic rings. The number of carbonyl (C=O) groups is 1. The summed E-state index contributed by atoms with van der Waals surface area (Å²) in [6, 6.07) is 0.264. The fourth-order valence-electron chi connectivity index (χ4n) is 1.05.